The molecule has 31 heavy (non-hydrogen) atoms. The lowest BCUT2D eigenvalue weighted by atomic mass is 9.83. The number of para-hydroxylation sites is 1. The number of hydrogen-bond donors (Lipinski definition) is 2. The van der Waals surface area contributed by atoms with E-state index >= 15 is 0 Å². The Hall–Kier alpha value is -2.56. The maximum absolute atomic E-state index is 12.9. The fraction of sp³-hybridized carbons (Fsp3) is 0.300. The van der Waals surface area contributed by atoms with Crippen LogP contribution in [0.2, 0.25) is 4.34 Å². The summed E-state index contributed by atoms with van der Waals surface area (Å²) in [5.41, 5.74) is 1.49. The van der Waals surface area contributed by atoms with Gasteiger partial charge in [-0.15, -0.1) is 11.3 Å². The normalized spacial score (nSPS) is 17.9. The number of fused-ring (bicyclic) bond motifs is 1. The Morgan fingerprint density at radius 3 is 2.42 bits per heavy atom. The maximum Gasteiger partial charge on any atom is 0.324 e. The molecule has 11 heteroatoms. The molecule has 1 fully saturated rings. The van der Waals surface area contributed by atoms with Gasteiger partial charge >= 0.3 is 11.9 Å². The number of cyclic esters (lactones) is 2. The minimum absolute atomic E-state index is 0.351. The Kier molecular flexibility index (Phi) is 5.27. The van der Waals surface area contributed by atoms with E-state index in [9.17, 15) is 18.0 Å². The minimum Gasteiger partial charge on any atom is -0.422 e. The molecule has 0 saturated carbocycles. The van der Waals surface area contributed by atoms with E-state index in [4.69, 9.17) is 21.1 Å². The highest BCUT2D eigenvalue weighted by atomic mass is 35.5. The van der Waals surface area contributed by atoms with Gasteiger partial charge in [-0.2, -0.15) is 0 Å². The molecule has 0 radical (unpaired) electrons. The smallest absolute Gasteiger partial charge is 0.324 e. The van der Waals surface area contributed by atoms with Crippen molar-refractivity contribution >= 4 is 61.5 Å². The summed E-state index contributed by atoms with van der Waals surface area (Å²) in [7, 11) is -3.51. The van der Waals surface area contributed by atoms with Gasteiger partial charge in [0, 0.05) is 36.2 Å². The number of hydrogen-bond acceptors (Lipinski definition) is 7. The number of benzene rings is 1. The van der Waals surface area contributed by atoms with E-state index in [1.54, 1.807) is 36.5 Å². The van der Waals surface area contributed by atoms with Crippen molar-refractivity contribution in [2.45, 2.75) is 25.6 Å². The fourth-order valence-electron chi connectivity index (χ4n) is 3.71. The highest BCUT2D eigenvalue weighted by molar-refractivity contribution is 7.92. The first kappa shape index (κ1) is 21.7. The lowest BCUT2D eigenvalue weighted by molar-refractivity contribution is -0.240. The molecule has 4 rings (SSSR count). The number of sulfonamides is 1. The van der Waals surface area contributed by atoms with Crippen molar-refractivity contribution in [3.8, 4) is 0 Å². The zero-order valence-corrected chi connectivity index (χ0v) is 19.2. The summed E-state index contributed by atoms with van der Waals surface area (Å²) in [6.07, 6.45) is 2.71. The Morgan fingerprint density at radius 2 is 1.84 bits per heavy atom. The largest absolute Gasteiger partial charge is 0.422 e. The third kappa shape index (κ3) is 4.28. The summed E-state index contributed by atoms with van der Waals surface area (Å²) < 4.78 is 37.2. The molecule has 1 saturated heterocycles. The van der Waals surface area contributed by atoms with Gasteiger partial charge in [0.25, 0.3) is 5.79 Å². The van der Waals surface area contributed by atoms with Gasteiger partial charge in [-0.05, 0) is 23.8 Å². The molecule has 8 nitrogen and oxygen atoms in total. The lowest BCUT2D eigenvalue weighted by Gasteiger charge is -2.35. The molecular weight excluding hydrogens is 464 g/mol. The molecule has 0 amide bonds. The summed E-state index contributed by atoms with van der Waals surface area (Å²) >= 11 is 7.38. The molecule has 1 aliphatic heterocycles. The van der Waals surface area contributed by atoms with Crippen molar-refractivity contribution in [2.75, 3.05) is 11.0 Å². The maximum atomic E-state index is 12.9. The number of aromatic nitrogens is 1. The van der Waals surface area contributed by atoms with Crippen molar-refractivity contribution in [3.05, 3.63) is 51.3 Å². The zero-order valence-electron chi connectivity index (χ0n) is 16.8. The van der Waals surface area contributed by atoms with E-state index in [1.165, 1.54) is 25.2 Å². The quantitative estimate of drug-likeness (QED) is 0.422. The van der Waals surface area contributed by atoms with Crippen LogP contribution in [0.4, 0.5) is 5.69 Å². The van der Waals surface area contributed by atoms with Crippen LogP contribution in [0, 0.1) is 5.92 Å². The van der Waals surface area contributed by atoms with Crippen LogP contribution in [0.1, 0.15) is 30.2 Å². The lowest BCUT2D eigenvalue weighted by Crippen LogP contribution is -2.48. The van der Waals surface area contributed by atoms with Crippen molar-refractivity contribution in [1.29, 1.82) is 0 Å². The number of carbonyl (C=O) groups is 2. The SMILES string of the molecule is CC1(C)OC(=O)C(C(c2ccc(Cl)s2)c2c[nH]c3c(NS(C)(=O)=O)cccc23)C(=O)O1. The zero-order chi connectivity index (χ0) is 22.6. The standard InChI is InChI=1S/C20H19ClN2O6S2/c1-20(2)28-18(24)16(19(25)29-20)15(13-7-8-14(21)30-13)11-9-22-17-10(11)5-4-6-12(17)23-31(3,26)27/h4-9,15-16,22-23H,1-3H3. The third-order valence-electron chi connectivity index (χ3n) is 4.81. The van der Waals surface area contributed by atoms with Crippen LogP contribution in [0.25, 0.3) is 10.9 Å². The summed E-state index contributed by atoms with van der Waals surface area (Å²) in [6.45, 7) is 2.98. The topological polar surface area (TPSA) is 115 Å². The van der Waals surface area contributed by atoms with Crippen molar-refractivity contribution in [3.63, 3.8) is 0 Å². The van der Waals surface area contributed by atoms with E-state index in [-0.39, 0.29) is 0 Å². The number of esters is 2. The van der Waals surface area contributed by atoms with Crippen LogP contribution in [0.3, 0.4) is 0 Å². The molecule has 3 aromatic rings. The molecule has 1 unspecified atom stereocenters. The highest BCUT2D eigenvalue weighted by Gasteiger charge is 2.49. The van der Waals surface area contributed by atoms with Gasteiger partial charge in [0.2, 0.25) is 10.0 Å². The number of nitrogens with one attached hydrogen (secondary N) is 2. The average Bonchev–Trinajstić information content (AvgIpc) is 3.23. The molecule has 1 aliphatic rings. The first-order chi connectivity index (χ1) is 14.5. The highest BCUT2D eigenvalue weighted by Crippen LogP contribution is 2.44. The van der Waals surface area contributed by atoms with E-state index in [2.05, 4.69) is 9.71 Å². The van der Waals surface area contributed by atoms with Gasteiger partial charge in [0.05, 0.1) is 21.8 Å². The van der Waals surface area contributed by atoms with Crippen molar-refractivity contribution in [1.82, 2.24) is 4.98 Å². The second kappa shape index (κ2) is 7.54. The van der Waals surface area contributed by atoms with Crippen LogP contribution in [-0.4, -0.2) is 37.4 Å². The second-order valence-electron chi connectivity index (χ2n) is 7.69. The molecule has 1 aromatic carbocycles. The number of anilines is 1. The number of thiophene rings is 1. The van der Waals surface area contributed by atoms with Crippen LogP contribution < -0.4 is 4.72 Å². The fourth-order valence-corrected chi connectivity index (χ4v) is 5.50. The number of H-pyrrole nitrogens is 1. The first-order valence-corrected chi connectivity index (χ1v) is 12.3. The molecule has 0 aliphatic carbocycles. The minimum atomic E-state index is -3.51. The summed E-state index contributed by atoms with van der Waals surface area (Å²) in [6, 6.07) is 8.51. The Labute approximate surface area is 187 Å². The van der Waals surface area contributed by atoms with E-state index in [0.29, 0.717) is 31.4 Å². The Bertz CT molecular complexity index is 1270. The summed E-state index contributed by atoms with van der Waals surface area (Å²) in [5.74, 6) is -4.73. The van der Waals surface area contributed by atoms with Gasteiger partial charge in [0.1, 0.15) is 0 Å². The first-order valence-electron chi connectivity index (χ1n) is 9.24. The van der Waals surface area contributed by atoms with Crippen LogP contribution in [-0.2, 0) is 29.1 Å². The summed E-state index contributed by atoms with van der Waals surface area (Å²) in [4.78, 5) is 29.5. The van der Waals surface area contributed by atoms with Gasteiger partial charge in [-0.1, -0.05) is 23.7 Å². The van der Waals surface area contributed by atoms with E-state index in [0.717, 1.165) is 6.26 Å². The number of halogens is 1. The Morgan fingerprint density at radius 1 is 1.16 bits per heavy atom. The van der Waals surface area contributed by atoms with Gasteiger partial charge in [-0.3, -0.25) is 14.3 Å². The predicted molar refractivity (Wildman–Crippen MR) is 118 cm³/mol. The summed E-state index contributed by atoms with van der Waals surface area (Å²) in [5, 5.41) is 0.647. The number of carbonyl (C=O) groups excluding carboxylic acids is 2. The number of ether oxygens (including phenoxy) is 2. The van der Waals surface area contributed by atoms with Crippen molar-refractivity contribution < 1.29 is 27.5 Å². The van der Waals surface area contributed by atoms with E-state index in [1.807, 2.05) is 0 Å². The Balaban J connectivity index is 1.88. The van der Waals surface area contributed by atoms with Crippen LogP contribution in [0.15, 0.2) is 36.5 Å². The monoisotopic (exact) mass is 482 g/mol. The molecule has 164 valence electrons. The molecule has 2 aromatic heterocycles. The molecule has 1 atom stereocenters. The predicted octanol–water partition coefficient (Wildman–Crippen LogP) is 3.84. The third-order valence-corrected chi connectivity index (χ3v) is 6.72. The second-order valence-corrected chi connectivity index (χ2v) is 11.2. The number of rotatable bonds is 5. The molecule has 0 spiro atoms. The molecule has 3 heterocycles. The van der Waals surface area contributed by atoms with Gasteiger partial charge in [-0.25, -0.2) is 8.42 Å². The molecule has 0 bridgehead atoms. The van der Waals surface area contributed by atoms with Crippen LogP contribution in [0.5, 0.6) is 0 Å². The number of aromatic amines is 1. The molecule has 2 N–H and O–H groups in total. The van der Waals surface area contributed by atoms with Crippen molar-refractivity contribution in [2.24, 2.45) is 5.92 Å². The van der Waals surface area contributed by atoms with Crippen LogP contribution >= 0.6 is 22.9 Å². The van der Waals surface area contributed by atoms with Gasteiger partial charge < -0.3 is 14.5 Å². The van der Waals surface area contributed by atoms with Gasteiger partial charge in [0.15, 0.2) is 5.92 Å². The molecular formula is C20H19ClN2O6S2. The average molecular weight is 483 g/mol. The van der Waals surface area contributed by atoms with E-state index < -0.39 is 39.6 Å².